The number of carbonyl (C=O) groups is 1. The molecular formula is C17H12BrFN2O. The van der Waals surface area contributed by atoms with Crippen LogP contribution in [0.1, 0.15) is 23.5 Å². The van der Waals surface area contributed by atoms with Crippen LogP contribution >= 0.6 is 15.9 Å². The van der Waals surface area contributed by atoms with Gasteiger partial charge in [0.1, 0.15) is 11.9 Å². The van der Waals surface area contributed by atoms with Gasteiger partial charge in [-0.05, 0) is 48.2 Å². The maximum atomic E-state index is 13.3. The van der Waals surface area contributed by atoms with Gasteiger partial charge in [0, 0.05) is 16.1 Å². The van der Waals surface area contributed by atoms with Crippen LogP contribution in [0.3, 0.4) is 0 Å². The molecule has 0 bridgehead atoms. The number of halogens is 2. The van der Waals surface area contributed by atoms with Crippen molar-refractivity contribution in [2.45, 2.75) is 12.3 Å². The van der Waals surface area contributed by atoms with Crippen LogP contribution in [0, 0.1) is 23.1 Å². The molecule has 0 aromatic heterocycles. The molecule has 110 valence electrons. The molecule has 0 saturated heterocycles. The first-order valence-electron chi connectivity index (χ1n) is 6.84. The fourth-order valence-electron chi connectivity index (χ4n) is 2.49. The number of nitrogens with zero attached hydrogens (tertiary/aromatic N) is 1. The number of nitriles is 1. The quantitative estimate of drug-likeness (QED) is 0.893. The molecule has 0 spiro atoms. The van der Waals surface area contributed by atoms with E-state index in [9.17, 15) is 9.18 Å². The van der Waals surface area contributed by atoms with Crippen LogP contribution in [-0.4, -0.2) is 5.91 Å². The zero-order valence-electron chi connectivity index (χ0n) is 11.5. The second kappa shape index (κ2) is 5.90. The molecule has 1 amide bonds. The first-order chi connectivity index (χ1) is 10.6. The average molecular weight is 359 g/mol. The van der Waals surface area contributed by atoms with Gasteiger partial charge < -0.3 is 5.32 Å². The number of benzene rings is 2. The Hall–Kier alpha value is -2.19. The summed E-state index contributed by atoms with van der Waals surface area (Å²) in [5.41, 5.74) is 1.52. The molecule has 2 aromatic carbocycles. The zero-order chi connectivity index (χ0) is 15.7. The van der Waals surface area contributed by atoms with Crippen LogP contribution < -0.4 is 5.32 Å². The lowest BCUT2D eigenvalue weighted by molar-refractivity contribution is -0.117. The molecule has 5 heteroatoms. The van der Waals surface area contributed by atoms with Gasteiger partial charge in [-0.2, -0.15) is 5.26 Å². The van der Waals surface area contributed by atoms with Crippen LogP contribution in [0.2, 0.25) is 0 Å². The highest BCUT2D eigenvalue weighted by Crippen LogP contribution is 2.48. The molecule has 1 aliphatic rings. The van der Waals surface area contributed by atoms with Crippen molar-refractivity contribution in [1.29, 1.82) is 5.26 Å². The largest absolute Gasteiger partial charge is 0.326 e. The van der Waals surface area contributed by atoms with Crippen molar-refractivity contribution >= 4 is 27.5 Å². The Morgan fingerprint density at radius 2 is 2.00 bits per heavy atom. The summed E-state index contributed by atoms with van der Waals surface area (Å²) in [4.78, 5) is 12.2. The molecule has 2 unspecified atom stereocenters. The van der Waals surface area contributed by atoms with Crippen LogP contribution in [0.15, 0.2) is 46.9 Å². The third-order valence-electron chi connectivity index (χ3n) is 3.78. The summed E-state index contributed by atoms with van der Waals surface area (Å²) in [7, 11) is 0. The van der Waals surface area contributed by atoms with Gasteiger partial charge in [-0.15, -0.1) is 0 Å². The van der Waals surface area contributed by atoms with Crippen LogP contribution in [0.25, 0.3) is 0 Å². The van der Waals surface area contributed by atoms with E-state index in [2.05, 4.69) is 21.2 Å². The SMILES string of the molecule is N#Cc1cc(NC(=O)C2CC2c2ccc(Br)cc2)ccc1F. The second-order valence-corrected chi connectivity index (χ2v) is 6.21. The van der Waals surface area contributed by atoms with Crippen molar-refractivity contribution in [3.63, 3.8) is 0 Å². The molecule has 3 nitrogen and oxygen atoms in total. The zero-order valence-corrected chi connectivity index (χ0v) is 13.1. The molecule has 0 aliphatic heterocycles. The molecule has 22 heavy (non-hydrogen) atoms. The van der Waals surface area contributed by atoms with E-state index in [-0.39, 0.29) is 23.3 Å². The van der Waals surface area contributed by atoms with E-state index >= 15 is 0 Å². The molecule has 1 N–H and O–H groups in total. The van der Waals surface area contributed by atoms with Gasteiger partial charge in [-0.3, -0.25) is 4.79 Å². The first-order valence-corrected chi connectivity index (χ1v) is 7.64. The predicted octanol–water partition coefficient (Wildman–Crippen LogP) is 4.20. The Labute approximate surface area is 135 Å². The number of amides is 1. The van der Waals surface area contributed by atoms with Gasteiger partial charge in [0.2, 0.25) is 5.91 Å². The first kappa shape index (κ1) is 14.7. The number of hydrogen-bond donors (Lipinski definition) is 1. The van der Waals surface area contributed by atoms with Crippen molar-refractivity contribution in [3.05, 3.63) is 63.9 Å². The van der Waals surface area contributed by atoms with E-state index in [0.717, 1.165) is 16.5 Å². The normalized spacial score (nSPS) is 19.3. The number of carbonyl (C=O) groups excluding carboxylic acids is 1. The number of rotatable bonds is 3. The molecule has 0 heterocycles. The Morgan fingerprint density at radius 1 is 1.27 bits per heavy atom. The van der Waals surface area contributed by atoms with Crippen LogP contribution in [0.5, 0.6) is 0 Å². The number of nitrogens with one attached hydrogen (secondary N) is 1. The van der Waals surface area contributed by atoms with E-state index in [0.29, 0.717) is 5.69 Å². The van der Waals surface area contributed by atoms with Crippen molar-refractivity contribution in [2.24, 2.45) is 5.92 Å². The van der Waals surface area contributed by atoms with Crippen molar-refractivity contribution in [3.8, 4) is 6.07 Å². The summed E-state index contributed by atoms with van der Waals surface area (Å²) >= 11 is 3.39. The minimum Gasteiger partial charge on any atom is -0.326 e. The molecule has 0 radical (unpaired) electrons. The highest BCUT2D eigenvalue weighted by Gasteiger charge is 2.43. The lowest BCUT2D eigenvalue weighted by atomic mass is 10.1. The standard InChI is InChI=1S/C17H12BrFN2O/c18-12-3-1-10(2-4-12)14-8-15(14)17(22)21-13-5-6-16(19)11(7-13)9-20/h1-7,14-15H,8H2,(H,21,22). The molecule has 1 aliphatic carbocycles. The minimum absolute atomic E-state index is 0.0712. The van der Waals surface area contributed by atoms with E-state index in [4.69, 9.17) is 5.26 Å². The van der Waals surface area contributed by atoms with E-state index < -0.39 is 5.82 Å². The second-order valence-electron chi connectivity index (χ2n) is 5.30. The Balaban J connectivity index is 1.67. The molecule has 1 fully saturated rings. The summed E-state index contributed by atoms with van der Waals surface area (Å²) in [5, 5.41) is 11.6. The molecular weight excluding hydrogens is 347 g/mol. The smallest absolute Gasteiger partial charge is 0.228 e. The third-order valence-corrected chi connectivity index (χ3v) is 4.31. The fraction of sp³-hybridized carbons (Fsp3) is 0.176. The number of hydrogen-bond acceptors (Lipinski definition) is 2. The topological polar surface area (TPSA) is 52.9 Å². The summed E-state index contributed by atoms with van der Waals surface area (Å²) in [6.07, 6.45) is 0.805. The van der Waals surface area contributed by atoms with E-state index in [1.54, 1.807) is 6.07 Å². The highest BCUT2D eigenvalue weighted by molar-refractivity contribution is 9.10. The summed E-state index contributed by atoms with van der Waals surface area (Å²) in [5.74, 6) is -0.524. The van der Waals surface area contributed by atoms with Crippen LogP contribution in [0.4, 0.5) is 10.1 Å². The minimum atomic E-state index is -0.584. The maximum Gasteiger partial charge on any atom is 0.228 e. The highest BCUT2D eigenvalue weighted by atomic mass is 79.9. The average Bonchev–Trinajstić information content (AvgIpc) is 3.30. The van der Waals surface area contributed by atoms with Gasteiger partial charge in [0.15, 0.2) is 0 Å². The Bertz CT molecular complexity index is 767. The maximum absolute atomic E-state index is 13.3. The fourth-order valence-corrected chi connectivity index (χ4v) is 2.75. The van der Waals surface area contributed by atoms with Gasteiger partial charge in [-0.25, -0.2) is 4.39 Å². The molecule has 1 saturated carbocycles. The van der Waals surface area contributed by atoms with E-state index in [1.165, 1.54) is 18.2 Å². The van der Waals surface area contributed by atoms with Gasteiger partial charge in [0.25, 0.3) is 0 Å². The summed E-state index contributed by atoms with van der Waals surface area (Å²) in [6, 6.07) is 13.7. The van der Waals surface area contributed by atoms with Crippen molar-refractivity contribution < 1.29 is 9.18 Å². The summed E-state index contributed by atoms with van der Waals surface area (Å²) < 4.78 is 14.3. The van der Waals surface area contributed by atoms with Crippen molar-refractivity contribution in [1.82, 2.24) is 0 Å². The van der Waals surface area contributed by atoms with Gasteiger partial charge >= 0.3 is 0 Å². The third kappa shape index (κ3) is 3.02. The Morgan fingerprint density at radius 3 is 2.68 bits per heavy atom. The van der Waals surface area contributed by atoms with Gasteiger partial charge in [-0.1, -0.05) is 28.1 Å². The van der Waals surface area contributed by atoms with Gasteiger partial charge in [0.05, 0.1) is 5.56 Å². The molecule has 3 rings (SSSR count). The van der Waals surface area contributed by atoms with Crippen molar-refractivity contribution in [2.75, 3.05) is 5.32 Å². The summed E-state index contributed by atoms with van der Waals surface area (Å²) in [6.45, 7) is 0. The monoisotopic (exact) mass is 358 g/mol. The van der Waals surface area contributed by atoms with E-state index in [1.807, 2.05) is 24.3 Å². The van der Waals surface area contributed by atoms with Crippen LogP contribution in [-0.2, 0) is 4.79 Å². The lowest BCUT2D eigenvalue weighted by Crippen LogP contribution is -2.14. The Kier molecular flexibility index (Phi) is 3.95. The molecule has 2 atom stereocenters. The molecule has 2 aromatic rings. The lowest BCUT2D eigenvalue weighted by Gasteiger charge is -2.06. The number of anilines is 1. The predicted molar refractivity (Wildman–Crippen MR) is 84.7 cm³/mol.